The molecule has 32 heavy (non-hydrogen) atoms. The van der Waals surface area contributed by atoms with E-state index in [2.05, 4.69) is 16.0 Å². The van der Waals surface area contributed by atoms with Crippen LogP contribution >= 0.6 is 0 Å². The van der Waals surface area contributed by atoms with Gasteiger partial charge in [0, 0.05) is 6.42 Å². The Bertz CT molecular complexity index is 827. The van der Waals surface area contributed by atoms with Crippen LogP contribution in [0.4, 0.5) is 0 Å². The van der Waals surface area contributed by atoms with Gasteiger partial charge in [-0.2, -0.15) is 0 Å². The summed E-state index contributed by atoms with van der Waals surface area (Å²) < 4.78 is 0. The summed E-state index contributed by atoms with van der Waals surface area (Å²) in [6.45, 7) is 4.80. The van der Waals surface area contributed by atoms with E-state index in [0.717, 1.165) is 0 Å². The number of benzene rings is 1. The van der Waals surface area contributed by atoms with Gasteiger partial charge in [0.15, 0.2) is 0 Å². The van der Waals surface area contributed by atoms with E-state index in [1.807, 2.05) is 0 Å². The minimum Gasteiger partial charge on any atom is -0.480 e. The first-order valence-corrected chi connectivity index (χ1v) is 10.1. The maximum absolute atomic E-state index is 12.7. The fraction of sp³-hybridized carbons (Fsp3) is 0.476. The van der Waals surface area contributed by atoms with Crippen molar-refractivity contribution < 1.29 is 29.1 Å². The van der Waals surface area contributed by atoms with Crippen LogP contribution in [0, 0.1) is 5.92 Å². The third-order valence-corrected chi connectivity index (χ3v) is 4.60. The largest absolute Gasteiger partial charge is 0.480 e. The van der Waals surface area contributed by atoms with Crippen LogP contribution in [0.2, 0.25) is 0 Å². The fourth-order valence-corrected chi connectivity index (χ4v) is 2.81. The van der Waals surface area contributed by atoms with Crippen molar-refractivity contribution in [1.29, 1.82) is 0 Å². The van der Waals surface area contributed by atoms with E-state index in [4.69, 9.17) is 11.5 Å². The van der Waals surface area contributed by atoms with Gasteiger partial charge in [0.1, 0.15) is 18.1 Å². The topological polar surface area (TPSA) is 194 Å². The number of hydrogen-bond acceptors (Lipinski definition) is 6. The molecular formula is C21H31N5O6. The maximum Gasteiger partial charge on any atom is 0.326 e. The van der Waals surface area contributed by atoms with Crippen LogP contribution in [0.5, 0.6) is 0 Å². The molecule has 11 nitrogen and oxygen atoms in total. The molecule has 0 aliphatic rings. The minimum atomic E-state index is -1.42. The molecule has 4 atom stereocenters. The summed E-state index contributed by atoms with van der Waals surface area (Å²) in [5, 5.41) is 16.7. The van der Waals surface area contributed by atoms with Crippen LogP contribution in [0.3, 0.4) is 0 Å². The molecule has 0 saturated heterocycles. The SMILES string of the molecule is CC(N)C(=O)NC(C(=O)NC(CC(N)=O)C(=O)NC(Cc1ccccc1)C(=O)O)C(C)C. The van der Waals surface area contributed by atoms with Crippen LogP contribution in [-0.4, -0.2) is 58.9 Å². The average Bonchev–Trinajstić information content (AvgIpc) is 2.70. The molecule has 0 heterocycles. The van der Waals surface area contributed by atoms with Crippen LogP contribution in [-0.2, 0) is 30.4 Å². The lowest BCUT2D eigenvalue weighted by molar-refractivity contribution is -0.142. The minimum absolute atomic E-state index is 0.00177. The average molecular weight is 450 g/mol. The predicted molar refractivity (Wildman–Crippen MR) is 116 cm³/mol. The number of primary amides is 1. The number of carbonyl (C=O) groups excluding carboxylic acids is 4. The van der Waals surface area contributed by atoms with Crippen molar-refractivity contribution in [3.8, 4) is 0 Å². The molecule has 0 aromatic heterocycles. The van der Waals surface area contributed by atoms with Gasteiger partial charge in [-0.25, -0.2) is 4.79 Å². The molecule has 4 unspecified atom stereocenters. The highest BCUT2D eigenvalue weighted by molar-refractivity contribution is 5.96. The Morgan fingerprint density at radius 2 is 1.44 bits per heavy atom. The zero-order valence-electron chi connectivity index (χ0n) is 18.3. The molecule has 1 aromatic carbocycles. The molecule has 0 radical (unpaired) electrons. The van der Waals surface area contributed by atoms with E-state index in [1.54, 1.807) is 44.2 Å². The number of nitrogens with two attached hydrogens (primary N) is 2. The summed E-state index contributed by atoms with van der Waals surface area (Å²) in [6.07, 6.45) is -0.556. The normalized spacial score (nSPS) is 14.5. The highest BCUT2D eigenvalue weighted by Crippen LogP contribution is 2.07. The van der Waals surface area contributed by atoms with Crippen LogP contribution in [0.15, 0.2) is 30.3 Å². The van der Waals surface area contributed by atoms with Gasteiger partial charge in [-0.05, 0) is 18.4 Å². The lowest BCUT2D eigenvalue weighted by Gasteiger charge is -2.26. The lowest BCUT2D eigenvalue weighted by Crippen LogP contribution is -2.58. The second-order valence-electron chi connectivity index (χ2n) is 7.84. The van der Waals surface area contributed by atoms with Crippen molar-refractivity contribution in [3.63, 3.8) is 0 Å². The van der Waals surface area contributed by atoms with Crippen LogP contribution < -0.4 is 27.4 Å². The van der Waals surface area contributed by atoms with E-state index >= 15 is 0 Å². The molecule has 4 amide bonds. The summed E-state index contributed by atoms with van der Waals surface area (Å²) in [7, 11) is 0. The van der Waals surface area contributed by atoms with Gasteiger partial charge < -0.3 is 32.5 Å². The van der Waals surface area contributed by atoms with Gasteiger partial charge in [0.2, 0.25) is 23.6 Å². The smallest absolute Gasteiger partial charge is 0.326 e. The fourth-order valence-electron chi connectivity index (χ4n) is 2.81. The first-order valence-electron chi connectivity index (χ1n) is 10.1. The Labute approximate surface area is 186 Å². The number of hydrogen-bond donors (Lipinski definition) is 6. The Morgan fingerprint density at radius 3 is 1.91 bits per heavy atom. The Morgan fingerprint density at radius 1 is 0.875 bits per heavy atom. The number of amides is 4. The van der Waals surface area contributed by atoms with E-state index in [-0.39, 0.29) is 12.3 Å². The number of nitrogens with one attached hydrogen (secondary N) is 3. The van der Waals surface area contributed by atoms with Gasteiger partial charge in [-0.1, -0.05) is 44.2 Å². The van der Waals surface area contributed by atoms with Crippen molar-refractivity contribution in [2.75, 3.05) is 0 Å². The van der Waals surface area contributed by atoms with Crippen molar-refractivity contribution >= 4 is 29.6 Å². The van der Waals surface area contributed by atoms with Crippen molar-refractivity contribution in [1.82, 2.24) is 16.0 Å². The van der Waals surface area contributed by atoms with Gasteiger partial charge >= 0.3 is 5.97 Å². The van der Waals surface area contributed by atoms with Gasteiger partial charge in [0.05, 0.1) is 12.5 Å². The van der Waals surface area contributed by atoms with Crippen LogP contribution in [0.25, 0.3) is 0 Å². The van der Waals surface area contributed by atoms with E-state index in [9.17, 15) is 29.1 Å². The highest BCUT2D eigenvalue weighted by atomic mass is 16.4. The van der Waals surface area contributed by atoms with Gasteiger partial charge in [-0.15, -0.1) is 0 Å². The quantitative estimate of drug-likeness (QED) is 0.227. The molecule has 0 aliphatic heterocycles. The predicted octanol–water partition coefficient (Wildman–Crippen LogP) is -1.35. The molecule has 0 saturated carbocycles. The van der Waals surface area contributed by atoms with E-state index in [1.165, 1.54) is 6.92 Å². The Hall–Kier alpha value is -3.47. The second kappa shape index (κ2) is 12.4. The lowest BCUT2D eigenvalue weighted by atomic mass is 10.0. The third-order valence-electron chi connectivity index (χ3n) is 4.60. The number of aliphatic carboxylic acids is 1. The van der Waals surface area contributed by atoms with E-state index < -0.39 is 60.2 Å². The molecular weight excluding hydrogens is 418 g/mol. The number of rotatable bonds is 12. The first kappa shape index (κ1) is 26.6. The summed E-state index contributed by atoms with van der Waals surface area (Å²) in [5.74, 6) is -4.70. The summed E-state index contributed by atoms with van der Waals surface area (Å²) in [4.78, 5) is 60.5. The molecule has 0 fully saturated rings. The third kappa shape index (κ3) is 8.72. The molecule has 1 rings (SSSR count). The molecule has 0 aliphatic carbocycles. The zero-order valence-corrected chi connectivity index (χ0v) is 18.3. The van der Waals surface area contributed by atoms with Gasteiger partial charge in [-0.3, -0.25) is 19.2 Å². The van der Waals surface area contributed by atoms with Crippen LogP contribution in [0.1, 0.15) is 32.8 Å². The molecule has 0 spiro atoms. The van der Waals surface area contributed by atoms with E-state index in [0.29, 0.717) is 5.56 Å². The first-order chi connectivity index (χ1) is 14.9. The number of carbonyl (C=O) groups is 5. The summed E-state index contributed by atoms with van der Waals surface area (Å²) in [6, 6.07) is 4.04. The monoisotopic (exact) mass is 449 g/mol. The maximum atomic E-state index is 12.7. The van der Waals surface area contributed by atoms with Gasteiger partial charge in [0.25, 0.3) is 0 Å². The Kier molecular flexibility index (Phi) is 10.3. The highest BCUT2D eigenvalue weighted by Gasteiger charge is 2.32. The second-order valence-corrected chi connectivity index (χ2v) is 7.84. The molecule has 176 valence electrons. The summed E-state index contributed by atoms with van der Waals surface area (Å²) in [5.41, 5.74) is 11.4. The Balaban J connectivity index is 2.97. The standard InChI is InChI=1S/C21H31N5O6/c1-11(2)17(26-18(28)12(3)22)20(30)24-14(10-16(23)27)19(29)25-15(21(31)32)9-13-7-5-4-6-8-13/h4-8,11-12,14-15,17H,9-10,22H2,1-3H3,(H2,23,27)(H,24,30)(H,25,29)(H,26,28)(H,31,32). The van der Waals surface area contributed by atoms with Crippen molar-refractivity contribution in [2.24, 2.45) is 17.4 Å². The number of carboxylic acid groups (broad SMARTS) is 1. The molecule has 1 aromatic rings. The van der Waals surface area contributed by atoms with Crippen molar-refractivity contribution in [3.05, 3.63) is 35.9 Å². The summed E-state index contributed by atoms with van der Waals surface area (Å²) >= 11 is 0. The molecule has 11 heteroatoms. The number of carboxylic acids is 1. The zero-order chi connectivity index (χ0) is 24.4. The molecule has 8 N–H and O–H groups in total. The molecule has 0 bridgehead atoms. The van der Waals surface area contributed by atoms with Crippen molar-refractivity contribution in [2.45, 2.75) is 57.8 Å².